The lowest BCUT2D eigenvalue weighted by atomic mass is 10.2. The summed E-state index contributed by atoms with van der Waals surface area (Å²) in [6.07, 6.45) is 2.69. The van der Waals surface area contributed by atoms with Crippen LogP contribution < -0.4 is 5.32 Å². The summed E-state index contributed by atoms with van der Waals surface area (Å²) in [5.41, 5.74) is 1.10. The van der Waals surface area contributed by atoms with Gasteiger partial charge in [-0.1, -0.05) is 12.1 Å². The van der Waals surface area contributed by atoms with Gasteiger partial charge in [-0.05, 0) is 31.0 Å². The molecule has 0 bridgehead atoms. The number of nitrogens with one attached hydrogen (secondary N) is 1. The number of anilines is 1. The second-order valence-corrected chi connectivity index (χ2v) is 4.96. The van der Waals surface area contributed by atoms with E-state index in [1.165, 1.54) is 10.7 Å². The van der Waals surface area contributed by atoms with E-state index in [9.17, 15) is 9.59 Å². The Morgan fingerprint density at radius 1 is 1.32 bits per heavy atom. The SMILES string of the molecule is O=C(O)c1ccn(-c2ccccc2NC(=O)[C@@H]2CCCO2)n1. The summed E-state index contributed by atoms with van der Waals surface area (Å²) < 4.78 is 6.78. The molecule has 0 saturated carbocycles. The van der Waals surface area contributed by atoms with Gasteiger partial charge in [-0.25, -0.2) is 9.48 Å². The van der Waals surface area contributed by atoms with Crippen molar-refractivity contribution in [2.45, 2.75) is 18.9 Å². The van der Waals surface area contributed by atoms with Crippen molar-refractivity contribution in [1.29, 1.82) is 0 Å². The smallest absolute Gasteiger partial charge is 0.356 e. The van der Waals surface area contributed by atoms with E-state index in [2.05, 4.69) is 10.4 Å². The van der Waals surface area contributed by atoms with Crippen molar-refractivity contribution < 1.29 is 19.4 Å². The van der Waals surface area contributed by atoms with E-state index in [1.807, 2.05) is 0 Å². The Kier molecular flexibility index (Phi) is 3.88. The first-order valence-electron chi connectivity index (χ1n) is 6.96. The van der Waals surface area contributed by atoms with Gasteiger partial charge < -0.3 is 15.2 Å². The van der Waals surface area contributed by atoms with Crippen molar-refractivity contribution in [1.82, 2.24) is 9.78 Å². The van der Waals surface area contributed by atoms with E-state index < -0.39 is 12.1 Å². The Labute approximate surface area is 126 Å². The van der Waals surface area contributed by atoms with Gasteiger partial charge in [-0.2, -0.15) is 5.10 Å². The number of amides is 1. The third-order valence-corrected chi connectivity index (χ3v) is 3.44. The number of hydrogen-bond donors (Lipinski definition) is 2. The third-order valence-electron chi connectivity index (χ3n) is 3.44. The standard InChI is InChI=1S/C15H15N3O4/c19-14(13-6-3-9-22-13)16-10-4-1-2-5-12(10)18-8-7-11(17-18)15(20)21/h1-2,4-5,7-8,13H,3,6,9H2,(H,16,19)(H,20,21)/t13-/m0/s1. The first-order valence-corrected chi connectivity index (χ1v) is 6.96. The Balaban J connectivity index is 1.85. The Morgan fingerprint density at radius 3 is 2.82 bits per heavy atom. The number of benzene rings is 1. The monoisotopic (exact) mass is 301 g/mol. The van der Waals surface area contributed by atoms with Crippen LogP contribution in [0.15, 0.2) is 36.5 Å². The molecule has 3 rings (SSSR count). The van der Waals surface area contributed by atoms with Crippen molar-refractivity contribution >= 4 is 17.6 Å². The number of aromatic nitrogens is 2. The average molecular weight is 301 g/mol. The number of carboxylic acid groups (broad SMARTS) is 1. The molecule has 7 nitrogen and oxygen atoms in total. The van der Waals surface area contributed by atoms with E-state index in [-0.39, 0.29) is 11.6 Å². The highest BCUT2D eigenvalue weighted by atomic mass is 16.5. The van der Waals surface area contributed by atoms with Crippen molar-refractivity contribution in [3.63, 3.8) is 0 Å². The van der Waals surface area contributed by atoms with E-state index in [4.69, 9.17) is 9.84 Å². The van der Waals surface area contributed by atoms with Gasteiger partial charge in [0.05, 0.1) is 11.4 Å². The maximum Gasteiger partial charge on any atom is 0.356 e. The normalized spacial score (nSPS) is 17.4. The summed E-state index contributed by atoms with van der Waals surface area (Å²) in [6.45, 7) is 0.598. The minimum Gasteiger partial charge on any atom is -0.476 e. The zero-order valence-electron chi connectivity index (χ0n) is 11.7. The van der Waals surface area contributed by atoms with Gasteiger partial charge >= 0.3 is 5.97 Å². The lowest BCUT2D eigenvalue weighted by molar-refractivity contribution is -0.124. The molecule has 1 amide bonds. The Hall–Kier alpha value is -2.67. The molecule has 114 valence electrons. The Morgan fingerprint density at radius 2 is 2.14 bits per heavy atom. The summed E-state index contributed by atoms with van der Waals surface area (Å²) in [4.78, 5) is 23.1. The van der Waals surface area contributed by atoms with Crippen LogP contribution >= 0.6 is 0 Å². The zero-order chi connectivity index (χ0) is 15.5. The number of para-hydroxylation sites is 2. The molecule has 0 aliphatic carbocycles. The number of carbonyl (C=O) groups is 2. The largest absolute Gasteiger partial charge is 0.476 e. The number of hydrogen-bond acceptors (Lipinski definition) is 4. The molecule has 0 unspecified atom stereocenters. The number of carbonyl (C=O) groups excluding carboxylic acids is 1. The Bertz CT molecular complexity index is 704. The van der Waals surface area contributed by atoms with Crippen molar-refractivity contribution in [3.05, 3.63) is 42.2 Å². The second-order valence-electron chi connectivity index (χ2n) is 4.96. The molecule has 0 spiro atoms. The number of aromatic carboxylic acids is 1. The first kappa shape index (κ1) is 14.3. The van der Waals surface area contributed by atoms with Gasteiger partial charge in [0.15, 0.2) is 5.69 Å². The van der Waals surface area contributed by atoms with Crippen LogP contribution in [0.5, 0.6) is 0 Å². The molecule has 1 fully saturated rings. The first-order chi connectivity index (χ1) is 10.6. The van der Waals surface area contributed by atoms with Gasteiger partial charge in [0.25, 0.3) is 5.91 Å². The van der Waals surface area contributed by atoms with Crippen LogP contribution in [0.2, 0.25) is 0 Å². The minimum absolute atomic E-state index is 0.0553. The predicted molar refractivity (Wildman–Crippen MR) is 78.1 cm³/mol. The molecule has 2 N–H and O–H groups in total. The van der Waals surface area contributed by atoms with Crippen molar-refractivity contribution in [2.75, 3.05) is 11.9 Å². The lowest BCUT2D eigenvalue weighted by Crippen LogP contribution is -2.27. The molecular formula is C15H15N3O4. The highest BCUT2D eigenvalue weighted by Gasteiger charge is 2.24. The summed E-state index contributed by atoms with van der Waals surface area (Å²) in [6, 6.07) is 8.48. The van der Waals surface area contributed by atoms with E-state index in [0.29, 0.717) is 24.4 Å². The summed E-state index contributed by atoms with van der Waals surface area (Å²) >= 11 is 0. The van der Waals surface area contributed by atoms with Crippen molar-refractivity contribution in [3.8, 4) is 5.69 Å². The van der Waals surface area contributed by atoms with Gasteiger partial charge in [0.1, 0.15) is 6.10 Å². The van der Waals surface area contributed by atoms with E-state index in [1.54, 1.807) is 30.5 Å². The molecule has 1 aromatic heterocycles. The second kappa shape index (κ2) is 5.98. The van der Waals surface area contributed by atoms with E-state index in [0.717, 1.165) is 6.42 Å². The summed E-state index contributed by atoms with van der Waals surface area (Å²) in [7, 11) is 0. The molecule has 1 atom stereocenters. The molecule has 2 aromatic rings. The van der Waals surface area contributed by atoms with Crippen LogP contribution in [0.25, 0.3) is 5.69 Å². The number of nitrogens with zero attached hydrogens (tertiary/aromatic N) is 2. The van der Waals surface area contributed by atoms with Gasteiger partial charge in [-0.3, -0.25) is 4.79 Å². The van der Waals surface area contributed by atoms with Gasteiger partial charge in [0.2, 0.25) is 0 Å². The minimum atomic E-state index is -1.10. The molecule has 0 radical (unpaired) electrons. The lowest BCUT2D eigenvalue weighted by Gasteiger charge is -2.13. The number of rotatable bonds is 4. The molecule has 1 aromatic carbocycles. The fourth-order valence-electron chi connectivity index (χ4n) is 2.35. The van der Waals surface area contributed by atoms with Crippen LogP contribution in [0.1, 0.15) is 23.3 Å². The van der Waals surface area contributed by atoms with Gasteiger partial charge in [-0.15, -0.1) is 0 Å². The fraction of sp³-hybridized carbons (Fsp3) is 0.267. The number of ether oxygens (including phenoxy) is 1. The third kappa shape index (κ3) is 2.84. The summed E-state index contributed by atoms with van der Waals surface area (Å²) in [5, 5.41) is 15.7. The summed E-state index contributed by atoms with van der Waals surface area (Å²) in [5.74, 6) is -1.30. The maximum absolute atomic E-state index is 12.2. The average Bonchev–Trinajstić information content (AvgIpc) is 3.19. The highest BCUT2D eigenvalue weighted by molar-refractivity contribution is 5.96. The van der Waals surface area contributed by atoms with Crippen LogP contribution in [0.4, 0.5) is 5.69 Å². The van der Waals surface area contributed by atoms with Gasteiger partial charge in [0, 0.05) is 12.8 Å². The fourth-order valence-corrected chi connectivity index (χ4v) is 2.35. The maximum atomic E-state index is 12.2. The predicted octanol–water partition coefficient (Wildman–Crippen LogP) is 1.69. The molecule has 1 aliphatic heterocycles. The van der Waals surface area contributed by atoms with Crippen molar-refractivity contribution in [2.24, 2.45) is 0 Å². The molecule has 22 heavy (non-hydrogen) atoms. The molecular weight excluding hydrogens is 286 g/mol. The van der Waals surface area contributed by atoms with Crippen LogP contribution in [-0.4, -0.2) is 39.5 Å². The van der Waals surface area contributed by atoms with Crippen LogP contribution in [0, 0.1) is 0 Å². The molecule has 7 heteroatoms. The molecule has 2 heterocycles. The van der Waals surface area contributed by atoms with Crippen LogP contribution in [0.3, 0.4) is 0 Å². The highest BCUT2D eigenvalue weighted by Crippen LogP contribution is 2.21. The van der Waals surface area contributed by atoms with Crippen LogP contribution in [-0.2, 0) is 9.53 Å². The quantitative estimate of drug-likeness (QED) is 0.896. The molecule has 1 saturated heterocycles. The zero-order valence-corrected chi connectivity index (χ0v) is 11.7. The van der Waals surface area contributed by atoms with E-state index >= 15 is 0 Å². The molecule has 1 aliphatic rings. The topological polar surface area (TPSA) is 93.5 Å². The number of carboxylic acids is 1.